The van der Waals surface area contributed by atoms with Crippen molar-refractivity contribution in [3.63, 3.8) is 0 Å². The Morgan fingerprint density at radius 3 is 2.12 bits per heavy atom. The van der Waals surface area contributed by atoms with Crippen LogP contribution >= 0.6 is 23.2 Å². The maximum atomic E-state index is 14.4. The van der Waals surface area contributed by atoms with Crippen LogP contribution in [0.3, 0.4) is 0 Å². The highest BCUT2D eigenvalue weighted by Crippen LogP contribution is 2.42. The molecule has 1 aromatic heterocycles. The average Bonchev–Trinajstić information content (AvgIpc) is 2.91. The Balaban J connectivity index is 1.58. The van der Waals surface area contributed by atoms with Crippen molar-refractivity contribution in [1.29, 1.82) is 0 Å². The van der Waals surface area contributed by atoms with Gasteiger partial charge in [0.05, 0.1) is 26.9 Å². The van der Waals surface area contributed by atoms with Crippen LogP contribution in [0.15, 0.2) is 85.1 Å². The first-order valence-corrected chi connectivity index (χ1v) is 12.8. The normalized spacial score (nSPS) is 12.4. The molecule has 0 spiro atoms. The van der Waals surface area contributed by atoms with E-state index in [1.165, 1.54) is 30.5 Å². The van der Waals surface area contributed by atoms with Gasteiger partial charge in [0, 0.05) is 23.6 Å². The highest BCUT2D eigenvalue weighted by atomic mass is 35.5. The monoisotopic (exact) mass is 582 g/mol. The number of hydrogen-bond donors (Lipinski definition) is 2. The van der Waals surface area contributed by atoms with Crippen molar-refractivity contribution < 1.29 is 27.9 Å². The molecule has 5 aromatic rings. The predicted octanol–water partition coefficient (Wildman–Crippen LogP) is 7.81. The first kappa shape index (κ1) is 27.4. The molecule has 10 heteroatoms. The summed E-state index contributed by atoms with van der Waals surface area (Å²) in [5.41, 5.74) is -0.386. The van der Waals surface area contributed by atoms with Crippen LogP contribution in [0.25, 0.3) is 32.8 Å². The minimum atomic E-state index is -4.68. The van der Waals surface area contributed by atoms with Gasteiger partial charge >= 0.3 is 12.1 Å². The summed E-state index contributed by atoms with van der Waals surface area (Å²) in [7, 11) is 0. The van der Waals surface area contributed by atoms with Crippen LogP contribution in [-0.4, -0.2) is 28.0 Å². The third-order valence-electron chi connectivity index (χ3n) is 6.57. The van der Waals surface area contributed by atoms with Gasteiger partial charge in [-0.3, -0.25) is 9.78 Å². The Morgan fingerprint density at radius 1 is 0.850 bits per heavy atom. The summed E-state index contributed by atoms with van der Waals surface area (Å²) in [6.45, 7) is 0. The van der Waals surface area contributed by atoms with E-state index in [2.05, 4.69) is 10.3 Å². The largest absolute Gasteiger partial charge is 0.480 e. The molecule has 1 atom stereocenters. The molecule has 0 saturated heterocycles. The van der Waals surface area contributed by atoms with Crippen LogP contribution in [-0.2, 0) is 17.4 Å². The van der Waals surface area contributed by atoms with E-state index in [1.807, 2.05) is 0 Å². The number of carboxylic acid groups (broad SMARTS) is 1. The van der Waals surface area contributed by atoms with Crippen LogP contribution < -0.4 is 5.32 Å². The van der Waals surface area contributed by atoms with Crippen molar-refractivity contribution in [3.05, 3.63) is 112 Å². The molecule has 0 aliphatic carbocycles. The molecule has 5 rings (SSSR count). The van der Waals surface area contributed by atoms with Gasteiger partial charge < -0.3 is 10.4 Å². The number of carbonyl (C=O) groups is 2. The summed E-state index contributed by atoms with van der Waals surface area (Å²) in [6.07, 6.45) is -3.43. The number of nitrogens with zero attached hydrogens (tertiary/aromatic N) is 1. The van der Waals surface area contributed by atoms with Gasteiger partial charge in [-0.15, -0.1) is 0 Å². The summed E-state index contributed by atoms with van der Waals surface area (Å²) < 4.78 is 43.1. The van der Waals surface area contributed by atoms with Crippen molar-refractivity contribution in [3.8, 4) is 11.3 Å². The topological polar surface area (TPSA) is 79.3 Å². The number of aliphatic carboxylic acids is 1. The zero-order valence-electron chi connectivity index (χ0n) is 20.5. The summed E-state index contributed by atoms with van der Waals surface area (Å²) in [6, 6.07) is 19.0. The van der Waals surface area contributed by atoms with E-state index in [0.717, 1.165) is 0 Å². The number of amides is 1. The molecule has 0 aliphatic rings. The van der Waals surface area contributed by atoms with Gasteiger partial charge in [-0.2, -0.15) is 13.2 Å². The number of carbonyl (C=O) groups excluding carboxylic acids is 1. The molecule has 40 heavy (non-hydrogen) atoms. The smallest absolute Gasteiger partial charge is 0.419 e. The maximum absolute atomic E-state index is 14.4. The zero-order valence-corrected chi connectivity index (χ0v) is 22.0. The predicted molar refractivity (Wildman–Crippen MR) is 149 cm³/mol. The summed E-state index contributed by atoms with van der Waals surface area (Å²) in [5.74, 6) is -2.07. The second-order valence-electron chi connectivity index (χ2n) is 9.05. The van der Waals surface area contributed by atoms with Crippen LogP contribution in [0.5, 0.6) is 0 Å². The second-order valence-corrected chi connectivity index (χ2v) is 9.86. The summed E-state index contributed by atoms with van der Waals surface area (Å²) in [4.78, 5) is 29.2. The molecule has 0 bridgehead atoms. The Bertz CT molecular complexity index is 1770. The molecular weight excluding hydrogens is 564 g/mol. The average molecular weight is 583 g/mol. The summed E-state index contributed by atoms with van der Waals surface area (Å²) >= 11 is 12.2. The number of halogens is 5. The zero-order chi connectivity index (χ0) is 28.6. The van der Waals surface area contributed by atoms with Crippen molar-refractivity contribution in [2.45, 2.75) is 18.6 Å². The van der Waals surface area contributed by atoms with Crippen molar-refractivity contribution >= 4 is 56.6 Å². The second kappa shape index (κ2) is 10.8. The quantitative estimate of drug-likeness (QED) is 0.214. The lowest BCUT2D eigenvalue weighted by molar-refractivity contribution is -0.139. The fourth-order valence-corrected chi connectivity index (χ4v) is 5.33. The van der Waals surface area contributed by atoms with Crippen LogP contribution in [0.4, 0.5) is 13.2 Å². The minimum absolute atomic E-state index is 0.0278. The van der Waals surface area contributed by atoms with Crippen molar-refractivity contribution in [2.24, 2.45) is 0 Å². The van der Waals surface area contributed by atoms with E-state index in [4.69, 9.17) is 23.2 Å². The van der Waals surface area contributed by atoms with E-state index in [9.17, 15) is 27.9 Å². The number of fused-ring (bicyclic) bond motifs is 2. The molecule has 0 saturated carbocycles. The Hall–Kier alpha value is -4.14. The highest BCUT2D eigenvalue weighted by molar-refractivity contribution is 6.39. The van der Waals surface area contributed by atoms with E-state index in [0.29, 0.717) is 21.7 Å². The fraction of sp³-hybridized carbons (Fsp3) is 0.100. The number of rotatable bonds is 6. The van der Waals surface area contributed by atoms with Crippen LogP contribution in [0.2, 0.25) is 10.0 Å². The van der Waals surface area contributed by atoms with Crippen LogP contribution in [0, 0.1) is 0 Å². The first-order valence-electron chi connectivity index (χ1n) is 12.0. The van der Waals surface area contributed by atoms with Gasteiger partial charge in [0.2, 0.25) is 0 Å². The number of aromatic nitrogens is 1. The Kier molecular flexibility index (Phi) is 7.40. The number of benzene rings is 4. The molecule has 5 nitrogen and oxygen atoms in total. The van der Waals surface area contributed by atoms with E-state index < -0.39 is 29.7 Å². The lowest BCUT2D eigenvalue weighted by Crippen LogP contribution is -2.42. The Morgan fingerprint density at radius 2 is 1.48 bits per heavy atom. The molecule has 0 fully saturated rings. The van der Waals surface area contributed by atoms with Gasteiger partial charge in [-0.1, -0.05) is 89.9 Å². The highest BCUT2D eigenvalue weighted by Gasteiger charge is 2.37. The fourth-order valence-electron chi connectivity index (χ4n) is 4.77. The van der Waals surface area contributed by atoms with Crippen molar-refractivity contribution in [2.75, 3.05) is 0 Å². The minimum Gasteiger partial charge on any atom is -0.480 e. The molecule has 4 aromatic carbocycles. The molecular formula is C30H19Cl2F3N2O3. The molecule has 0 radical (unpaired) electrons. The number of carboxylic acids is 1. The molecule has 2 N–H and O–H groups in total. The summed E-state index contributed by atoms with van der Waals surface area (Å²) in [5, 5.41) is 13.8. The van der Waals surface area contributed by atoms with Gasteiger partial charge in [0.15, 0.2) is 0 Å². The standard InChI is InChI=1S/C30H19Cl2F3N2O3/c31-22-10-5-11-23(32)25(22)28(38)37-24(29(39)40)14-16-12-13-21(20-9-4-3-7-18(16)20)27-26(30(33,34)35)19-8-2-1-6-17(19)15-36-27/h1-13,15,24H,14H2,(H,37,38)(H,39,40). The van der Waals surface area contributed by atoms with Gasteiger partial charge in [0.1, 0.15) is 6.04 Å². The third kappa shape index (κ3) is 5.20. The SMILES string of the molecule is O=C(NC(Cc1ccc(-c2ncc3ccccc3c2C(F)(F)F)c2ccccc12)C(=O)O)c1c(Cl)cccc1Cl. The lowest BCUT2D eigenvalue weighted by Gasteiger charge is -2.19. The van der Waals surface area contributed by atoms with Crippen molar-refractivity contribution in [1.82, 2.24) is 10.3 Å². The first-order chi connectivity index (χ1) is 19.1. The van der Waals surface area contributed by atoms with Gasteiger partial charge in [-0.05, 0) is 33.9 Å². The maximum Gasteiger partial charge on any atom is 0.419 e. The number of nitrogens with one attached hydrogen (secondary N) is 1. The van der Waals surface area contributed by atoms with Gasteiger partial charge in [0.25, 0.3) is 5.91 Å². The van der Waals surface area contributed by atoms with E-state index in [-0.39, 0.29) is 38.7 Å². The number of hydrogen-bond acceptors (Lipinski definition) is 3. The Labute approximate surface area is 236 Å². The van der Waals surface area contributed by atoms with E-state index in [1.54, 1.807) is 54.6 Å². The lowest BCUT2D eigenvalue weighted by atomic mass is 9.91. The van der Waals surface area contributed by atoms with Gasteiger partial charge in [-0.25, -0.2) is 4.79 Å². The third-order valence-corrected chi connectivity index (χ3v) is 7.20. The molecule has 1 unspecified atom stereocenters. The van der Waals surface area contributed by atoms with E-state index >= 15 is 0 Å². The molecule has 202 valence electrons. The van der Waals surface area contributed by atoms with Crippen LogP contribution in [0.1, 0.15) is 21.5 Å². The molecule has 1 heterocycles. The molecule has 0 aliphatic heterocycles. The number of alkyl halides is 3. The molecule has 1 amide bonds. The number of pyridine rings is 1.